The normalized spacial score (nSPS) is 15.3. The average Bonchev–Trinajstić information content (AvgIpc) is 3.48. The summed E-state index contributed by atoms with van der Waals surface area (Å²) in [6.45, 7) is 4.86. The number of carbonyl (C=O) groups is 2. The van der Waals surface area contributed by atoms with E-state index in [1.807, 2.05) is 20.8 Å². The zero-order chi connectivity index (χ0) is 28.3. The van der Waals surface area contributed by atoms with Gasteiger partial charge in [-0.15, -0.1) is 0 Å². The Kier molecular flexibility index (Phi) is 8.43. The van der Waals surface area contributed by atoms with Crippen LogP contribution in [0.25, 0.3) is 22.7 Å². The van der Waals surface area contributed by atoms with Crippen LogP contribution in [0.3, 0.4) is 0 Å². The quantitative estimate of drug-likeness (QED) is 0.323. The number of aliphatic hydroxyl groups excluding tert-OH is 1. The van der Waals surface area contributed by atoms with Crippen LogP contribution >= 0.6 is 0 Å². The Morgan fingerprint density at radius 3 is 2.46 bits per heavy atom. The standard InChI is InChI=1S/C27H32F3N5O4/c1-4-19(5-2)33-25(38)22-13-31-26(39-22)18-8-6-7-17(11-18)20-12-21(24(37)32-15(3)16-9-10-16)35(34-20)14-23(36)27(28,29)30/h6-8,11-13,15-16,19,23,36H,4-5,9-10,14H2,1-3H3,(H,32,37)(H,33,38)/t15-,23?/m0/s1. The molecule has 39 heavy (non-hydrogen) atoms. The zero-order valence-electron chi connectivity index (χ0n) is 22.0. The van der Waals surface area contributed by atoms with Crippen molar-refractivity contribution in [1.29, 1.82) is 0 Å². The largest absolute Gasteiger partial charge is 0.431 e. The van der Waals surface area contributed by atoms with Crippen LogP contribution in [0.5, 0.6) is 0 Å². The van der Waals surface area contributed by atoms with Gasteiger partial charge in [-0.2, -0.15) is 18.3 Å². The lowest BCUT2D eigenvalue weighted by atomic mass is 10.1. The van der Waals surface area contributed by atoms with Crippen LogP contribution < -0.4 is 10.6 Å². The van der Waals surface area contributed by atoms with Crippen molar-refractivity contribution in [3.05, 3.63) is 48.0 Å². The number of benzene rings is 1. The Morgan fingerprint density at radius 2 is 1.82 bits per heavy atom. The fourth-order valence-corrected chi connectivity index (χ4v) is 4.22. The summed E-state index contributed by atoms with van der Waals surface area (Å²) in [6.07, 6.45) is -2.72. The van der Waals surface area contributed by atoms with Gasteiger partial charge in [0.15, 0.2) is 6.10 Å². The summed E-state index contributed by atoms with van der Waals surface area (Å²) in [4.78, 5) is 29.7. The summed E-state index contributed by atoms with van der Waals surface area (Å²) in [6, 6.07) is 7.97. The highest BCUT2D eigenvalue weighted by molar-refractivity contribution is 5.94. The van der Waals surface area contributed by atoms with Gasteiger partial charge in [0.1, 0.15) is 5.69 Å². The van der Waals surface area contributed by atoms with Crippen molar-refractivity contribution >= 4 is 11.8 Å². The monoisotopic (exact) mass is 547 g/mol. The van der Waals surface area contributed by atoms with E-state index in [1.54, 1.807) is 24.3 Å². The molecule has 3 aromatic rings. The summed E-state index contributed by atoms with van der Waals surface area (Å²) in [5.74, 6) is -0.382. The first-order valence-electron chi connectivity index (χ1n) is 13.0. The highest BCUT2D eigenvalue weighted by atomic mass is 19.4. The molecule has 2 heterocycles. The lowest BCUT2D eigenvalue weighted by Crippen LogP contribution is -2.38. The van der Waals surface area contributed by atoms with Gasteiger partial charge in [0.2, 0.25) is 11.7 Å². The summed E-state index contributed by atoms with van der Waals surface area (Å²) < 4.78 is 45.8. The van der Waals surface area contributed by atoms with E-state index in [4.69, 9.17) is 4.42 Å². The van der Waals surface area contributed by atoms with Crippen LogP contribution in [0.2, 0.25) is 0 Å². The number of carbonyl (C=O) groups excluding carboxylic acids is 2. The third kappa shape index (κ3) is 6.86. The molecule has 0 aliphatic heterocycles. The van der Waals surface area contributed by atoms with Crippen LogP contribution in [0, 0.1) is 5.92 Å². The molecule has 0 radical (unpaired) electrons. The van der Waals surface area contributed by atoms with Gasteiger partial charge in [-0.3, -0.25) is 14.3 Å². The van der Waals surface area contributed by atoms with Crippen molar-refractivity contribution in [2.45, 2.75) is 77.4 Å². The van der Waals surface area contributed by atoms with Crippen LogP contribution in [-0.4, -0.2) is 56.0 Å². The Morgan fingerprint density at radius 1 is 1.13 bits per heavy atom. The molecule has 4 rings (SSSR count). The van der Waals surface area contributed by atoms with E-state index in [9.17, 15) is 27.9 Å². The minimum atomic E-state index is -4.87. The number of amides is 2. The predicted octanol–water partition coefficient (Wildman–Crippen LogP) is 4.58. The molecule has 1 unspecified atom stereocenters. The maximum Gasteiger partial charge on any atom is 0.416 e. The molecule has 2 amide bonds. The van der Waals surface area contributed by atoms with E-state index < -0.39 is 24.7 Å². The first kappa shape index (κ1) is 28.3. The molecule has 1 fully saturated rings. The molecular weight excluding hydrogens is 515 g/mol. The molecule has 2 atom stereocenters. The van der Waals surface area contributed by atoms with Gasteiger partial charge in [0.25, 0.3) is 11.8 Å². The van der Waals surface area contributed by atoms with Crippen LogP contribution in [-0.2, 0) is 6.54 Å². The molecule has 9 nitrogen and oxygen atoms in total. The minimum Gasteiger partial charge on any atom is -0.431 e. The number of aromatic nitrogens is 3. The number of hydrogen-bond acceptors (Lipinski definition) is 6. The second kappa shape index (κ2) is 11.6. The Hall–Kier alpha value is -3.67. The number of nitrogens with one attached hydrogen (secondary N) is 2. The zero-order valence-corrected chi connectivity index (χ0v) is 22.0. The second-order valence-corrected chi connectivity index (χ2v) is 9.85. The van der Waals surface area contributed by atoms with E-state index >= 15 is 0 Å². The number of halogens is 3. The van der Waals surface area contributed by atoms with Crippen molar-refractivity contribution in [2.75, 3.05) is 0 Å². The molecule has 0 saturated heterocycles. The van der Waals surface area contributed by atoms with Crippen molar-refractivity contribution in [3.8, 4) is 22.7 Å². The molecule has 1 saturated carbocycles. The van der Waals surface area contributed by atoms with Gasteiger partial charge >= 0.3 is 6.18 Å². The highest BCUT2D eigenvalue weighted by Crippen LogP contribution is 2.33. The van der Waals surface area contributed by atoms with E-state index in [2.05, 4.69) is 20.7 Å². The van der Waals surface area contributed by atoms with Crippen LogP contribution in [0.1, 0.15) is 67.5 Å². The molecule has 1 aliphatic carbocycles. The van der Waals surface area contributed by atoms with Crippen LogP contribution in [0.15, 0.2) is 40.9 Å². The van der Waals surface area contributed by atoms with Crippen molar-refractivity contribution in [3.63, 3.8) is 0 Å². The molecule has 0 bridgehead atoms. The predicted molar refractivity (Wildman–Crippen MR) is 137 cm³/mol. The molecule has 1 aromatic carbocycles. The first-order chi connectivity index (χ1) is 18.5. The maximum absolute atomic E-state index is 13.1. The molecule has 210 valence electrons. The number of nitrogens with zero attached hydrogens (tertiary/aromatic N) is 3. The lowest BCUT2D eigenvalue weighted by molar-refractivity contribution is -0.208. The van der Waals surface area contributed by atoms with Gasteiger partial charge in [0.05, 0.1) is 18.4 Å². The minimum absolute atomic E-state index is 0.0130. The lowest BCUT2D eigenvalue weighted by Gasteiger charge is -2.17. The van der Waals surface area contributed by atoms with E-state index in [0.717, 1.165) is 30.4 Å². The van der Waals surface area contributed by atoms with Gasteiger partial charge < -0.3 is 20.2 Å². The molecule has 2 aromatic heterocycles. The van der Waals surface area contributed by atoms with Crippen molar-refractivity contribution in [2.24, 2.45) is 5.92 Å². The molecule has 0 spiro atoms. The smallest absolute Gasteiger partial charge is 0.416 e. The van der Waals surface area contributed by atoms with Gasteiger partial charge in [-0.25, -0.2) is 4.98 Å². The molecule has 3 N–H and O–H groups in total. The number of alkyl halides is 3. The number of rotatable bonds is 11. The Balaban J connectivity index is 1.60. The summed E-state index contributed by atoms with van der Waals surface area (Å²) >= 11 is 0. The number of hydrogen-bond donors (Lipinski definition) is 3. The van der Waals surface area contributed by atoms with Gasteiger partial charge in [0, 0.05) is 23.2 Å². The van der Waals surface area contributed by atoms with Crippen molar-refractivity contribution in [1.82, 2.24) is 25.4 Å². The average molecular weight is 548 g/mol. The topological polar surface area (TPSA) is 122 Å². The van der Waals surface area contributed by atoms with E-state index in [1.165, 1.54) is 12.3 Å². The summed E-state index contributed by atoms with van der Waals surface area (Å²) in [5.41, 5.74) is 1.13. The molecule has 1 aliphatic rings. The Labute approximate surface area is 223 Å². The fraction of sp³-hybridized carbons (Fsp3) is 0.481. The van der Waals surface area contributed by atoms with Crippen molar-refractivity contribution < 1.29 is 32.3 Å². The SMILES string of the molecule is CCC(CC)NC(=O)c1cnc(-c2cccc(-c3cc(C(=O)N[C@@H](C)C4CC4)n(CC(O)C(F)(F)F)n3)c2)o1. The van der Waals surface area contributed by atoms with Crippen LogP contribution in [0.4, 0.5) is 13.2 Å². The second-order valence-electron chi connectivity index (χ2n) is 9.85. The fourth-order valence-electron chi connectivity index (χ4n) is 4.22. The van der Waals surface area contributed by atoms with Gasteiger partial charge in [-0.1, -0.05) is 26.0 Å². The van der Waals surface area contributed by atoms with E-state index in [-0.39, 0.29) is 41.0 Å². The van der Waals surface area contributed by atoms with E-state index in [0.29, 0.717) is 17.0 Å². The number of oxazole rings is 1. The van der Waals surface area contributed by atoms with Gasteiger partial charge in [-0.05, 0) is 56.7 Å². The molecule has 12 heteroatoms. The number of aliphatic hydroxyl groups is 1. The third-order valence-corrected chi connectivity index (χ3v) is 6.88. The maximum atomic E-state index is 13.1. The summed E-state index contributed by atoms with van der Waals surface area (Å²) in [5, 5.41) is 19.6. The highest BCUT2D eigenvalue weighted by Gasteiger charge is 2.39. The first-order valence-corrected chi connectivity index (χ1v) is 13.0. The third-order valence-electron chi connectivity index (χ3n) is 6.88. The summed E-state index contributed by atoms with van der Waals surface area (Å²) in [7, 11) is 0. The Bertz CT molecular complexity index is 1310. The molecular formula is C27H32F3N5O4.